The van der Waals surface area contributed by atoms with Crippen LogP contribution < -0.4 is 5.32 Å². The van der Waals surface area contributed by atoms with Crippen molar-refractivity contribution in [2.45, 2.75) is 38.4 Å². The summed E-state index contributed by atoms with van der Waals surface area (Å²) in [6.07, 6.45) is 0.899. The number of carbonyl (C=O) groups excluding carboxylic acids is 1. The van der Waals surface area contributed by atoms with Gasteiger partial charge in [0.15, 0.2) is 17.5 Å². The summed E-state index contributed by atoms with van der Waals surface area (Å²) in [4.78, 5) is 12.1. The van der Waals surface area contributed by atoms with E-state index in [1.54, 1.807) is 0 Å². The first-order valence-electron chi connectivity index (χ1n) is 7.34. The molecule has 2 aromatic rings. The summed E-state index contributed by atoms with van der Waals surface area (Å²) >= 11 is 0. The van der Waals surface area contributed by atoms with Gasteiger partial charge >= 0.3 is 0 Å². The summed E-state index contributed by atoms with van der Waals surface area (Å²) in [5.74, 6) is -1.96. The van der Waals surface area contributed by atoms with Crippen LogP contribution in [0.15, 0.2) is 24.3 Å². The predicted octanol–water partition coefficient (Wildman–Crippen LogP) is 3.25. The van der Waals surface area contributed by atoms with E-state index in [1.165, 1.54) is 18.2 Å². The van der Waals surface area contributed by atoms with Gasteiger partial charge < -0.3 is 10.1 Å². The number of carbonyl (C=O) groups is 1. The zero-order valence-corrected chi connectivity index (χ0v) is 12.8. The van der Waals surface area contributed by atoms with E-state index in [2.05, 4.69) is 15.5 Å². The number of nitrogens with one attached hydrogen (secondary N) is 2. The Morgan fingerprint density at radius 2 is 2.22 bits per heavy atom. The molecule has 1 aromatic carbocycles. The van der Waals surface area contributed by atoms with Gasteiger partial charge in [-0.05, 0) is 38.8 Å². The monoisotopic (exact) mass is 321 g/mol. The van der Waals surface area contributed by atoms with Gasteiger partial charge in [0.05, 0.1) is 11.3 Å². The Morgan fingerprint density at radius 1 is 1.43 bits per heavy atom. The number of amides is 1. The van der Waals surface area contributed by atoms with E-state index in [0.717, 1.165) is 12.5 Å². The fraction of sp³-hybridized carbons (Fsp3) is 0.375. The lowest BCUT2D eigenvalue weighted by Crippen LogP contribution is -2.30. The maximum Gasteiger partial charge on any atom is 0.254 e. The summed E-state index contributed by atoms with van der Waals surface area (Å²) in [6, 6.07) is 5.33. The molecule has 122 valence electrons. The van der Waals surface area contributed by atoms with Gasteiger partial charge in [-0.15, -0.1) is 0 Å². The van der Waals surface area contributed by atoms with Crippen molar-refractivity contribution in [1.29, 1.82) is 0 Å². The third-order valence-electron chi connectivity index (χ3n) is 3.83. The maximum absolute atomic E-state index is 13.8. The SMILES string of the molecule is CC1(C)CCC(C(=O)Nc2cc(-c3cccc(F)c3F)[nH]n2)O1. The van der Waals surface area contributed by atoms with E-state index in [9.17, 15) is 13.6 Å². The lowest BCUT2D eigenvalue weighted by atomic mass is 10.1. The summed E-state index contributed by atoms with van der Waals surface area (Å²) < 4.78 is 32.7. The van der Waals surface area contributed by atoms with Gasteiger partial charge in [-0.2, -0.15) is 5.10 Å². The molecule has 0 spiro atoms. The molecule has 1 atom stereocenters. The van der Waals surface area contributed by atoms with Crippen LogP contribution in [0.5, 0.6) is 0 Å². The summed E-state index contributed by atoms with van der Waals surface area (Å²) in [7, 11) is 0. The van der Waals surface area contributed by atoms with Crippen LogP contribution in [0.25, 0.3) is 11.3 Å². The Balaban J connectivity index is 1.73. The van der Waals surface area contributed by atoms with Crippen LogP contribution in [-0.2, 0) is 9.53 Å². The Hall–Kier alpha value is -2.28. The summed E-state index contributed by atoms with van der Waals surface area (Å²) in [6.45, 7) is 3.86. The molecule has 2 heterocycles. The molecule has 0 bridgehead atoms. The summed E-state index contributed by atoms with van der Waals surface area (Å²) in [5.41, 5.74) is 0.0184. The van der Waals surface area contributed by atoms with Crippen LogP contribution >= 0.6 is 0 Å². The lowest BCUT2D eigenvalue weighted by molar-refractivity contribution is -0.130. The number of nitrogens with zero attached hydrogens (tertiary/aromatic N) is 1. The zero-order chi connectivity index (χ0) is 16.6. The Bertz CT molecular complexity index is 743. The number of benzene rings is 1. The highest BCUT2D eigenvalue weighted by Crippen LogP contribution is 2.30. The molecule has 3 rings (SSSR count). The Labute approximate surface area is 132 Å². The van der Waals surface area contributed by atoms with Gasteiger partial charge in [-0.3, -0.25) is 9.89 Å². The second-order valence-electron chi connectivity index (χ2n) is 6.16. The van der Waals surface area contributed by atoms with E-state index in [4.69, 9.17) is 4.74 Å². The van der Waals surface area contributed by atoms with E-state index in [1.807, 2.05) is 13.8 Å². The fourth-order valence-corrected chi connectivity index (χ4v) is 2.61. The minimum Gasteiger partial charge on any atom is -0.363 e. The van der Waals surface area contributed by atoms with Crippen LogP contribution in [-0.4, -0.2) is 27.8 Å². The average molecular weight is 321 g/mol. The molecular formula is C16H17F2N3O2. The van der Waals surface area contributed by atoms with Crippen LogP contribution in [0.2, 0.25) is 0 Å². The number of hydrogen-bond acceptors (Lipinski definition) is 3. The van der Waals surface area contributed by atoms with E-state index in [0.29, 0.717) is 6.42 Å². The quantitative estimate of drug-likeness (QED) is 0.912. The molecule has 0 radical (unpaired) electrons. The highest BCUT2D eigenvalue weighted by atomic mass is 19.2. The van der Waals surface area contributed by atoms with Gasteiger partial charge in [0.1, 0.15) is 6.10 Å². The van der Waals surface area contributed by atoms with Gasteiger partial charge in [0, 0.05) is 11.6 Å². The molecule has 1 fully saturated rings. The number of hydrogen-bond donors (Lipinski definition) is 2. The molecule has 1 aromatic heterocycles. The van der Waals surface area contributed by atoms with Gasteiger partial charge in [-0.25, -0.2) is 8.78 Å². The normalized spacial score (nSPS) is 19.7. The second-order valence-corrected chi connectivity index (χ2v) is 6.16. The zero-order valence-electron chi connectivity index (χ0n) is 12.8. The molecule has 0 saturated carbocycles. The molecule has 1 amide bonds. The number of halogens is 2. The van der Waals surface area contributed by atoms with Crippen molar-refractivity contribution in [3.63, 3.8) is 0 Å². The first kappa shape index (κ1) is 15.6. The first-order chi connectivity index (χ1) is 10.9. The van der Waals surface area contributed by atoms with Crippen LogP contribution in [0.1, 0.15) is 26.7 Å². The molecule has 1 aliphatic rings. The highest BCUT2D eigenvalue weighted by molar-refractivity contribution is 5.94. The molecular weight excluding hydrogens is 304 g/mol. The van der Waals surface area contributed by atoms with Crippen molar-refractivity contribution in [2.24, 2.45) is 0 Å². The van der Waals surface area contributed by atoms with Crippen molar-refractivity contribution in [3.8, 4) is 11.3 Å². The fourth-order valence-electron chi connectivity index (χ4n) is 2.61. The first-order valence-corrected chi connectivity index (χ1v) is 7.34. The largest absolute Gasteiger partial charge is 0.363 e. The molecule has 23 heavy (non-hydrogen) atoms. The lowest BCUT2D eigenvalue weighted by Gasteiger charge is -2.18. The van der Waals surface area contributed by atoms with E-state index >= 15 is 0 Å². The Kier molecular flexibility index (Phi) is 3.89. The number of anilines is 1. The maximum atomic E-state index is 13.8. The van der Waals surface area contributed by atoms with Gasteiger partial charge in [0.2, 0.25) is 0 Å². The topological polar surface area (TPSA) is 67.0 Å². The van der Waals surface area contributed by atoms with Crippen molar-refractivity contribution in [2.75, 3.05) is 5.32 Å². The third kappa shape index (κ3) is 3.24. The molecule has 1 unspecified atom stereocenters. The number of H-pyrrole nitrogens is 1. The summed E-state index contributed by atoms with van der Waals surface area (Å²) in [5, 5.41) is 9.12. The Morgan fingerprint density at radius 3 is 2.91 bits per heavy atom. The number of aromatic amines is 1. The van der Waals surface area contributed by atoms with Crippen LogP contribution in [0.3, 0.4) is 0 Å². The second kappa shape index (κ2) is 5.73. The van der Waals surface area contributed by atoms with Crippen molar-refractivity contribution in [3.05, 3.63) is 35.9 Å². The van der Waals surface area contributed by atoms with Crippen molar-refractivity contribution in [1.82, 2.24) is 10.2 Å². The van der Waals surface area contributed by atoms with E-state index < -0.39 is 17.7 Å². The average Bonchev–Trinajstić information content (AvgIpc) is 3.08. The molecule has 2 N–H and O–H groups in total. The van der Waals surface area contributed by atoms with Crippen molar-refractivity contribution < 1.29 is 18.3 Å². The minimum atomic E-state index is -0.963. The van der Waals surface area contributed by atoms with Crippen LogP contribution in [0, 0.1) is 11.6 Å². The van der Waals surface area contributed by atoms with Gasteiger partial charge in [0.25, 0.3) is 5.91 Å². The van der Waals surface area contributed by atoms with Gasteiger partial charge in [-0.1, -0.05) is 6.07 Å². The highest BCUT2D eigenvalue weighted by Gasteiger charge is 2.36. The van der Waals surface area contributed by atoms with Crippen molar-refractivity contribution >= 4 is 11.7 Å². The third-order valence-corrected chi connectivity index (χ3v) is 3.83. The number of rotatable bonds is 3. The predicted molar refractivity (Wildman–Crippen MR) is 80.8 cm³/mol. The standard InChI is InChI=1S/C16H17F2N3O2/c1-16(2)7-6-12(23-16)15(22)19-13-8-11(20-21-13)9-4-3-5-10(17)14(9)18/h3-5,8,12H,6-7H2,1-2H3,(H2,19,20,21,22). The molecule has 5 nitrogen and oxygen atoms in total. The van der Waals surface area contributed by atoms with E-state index in [-0.39, 0.29) is 28.6 Å². The number of aromatic nitrogens is 2. The molecule has 1 saturated heterocycles. The molecule has 0 aliphatic carbocycles. The smallest absolute Gasteiger partial charge is 0.254 e. The molecule has 7 heteroatoms. The molecule has 1 aliphatic heterocycles. The van der Waals surface area contributed by atoms with Crippen LogP contribution in [0.4, 0.5) is 14.6 Å². The number of ether oxygens (including phenoxy) is 1. The minimum absolute atomic E-state index is 0.0521.